The number of piperazine rings is 1. The van der Waals surface area contributed by atoms with E-state index in [1.54, 1.807) is 11.1 Å². The minimum Gasteiger partial charge on any atom is -0.369 e. The average molecular weight is 480 g/mol. The van der Waals surface area contributed by atoms with E-state index in [9.17, 15) is 13.2 Å². The highest BCUT2D eigenvalue weighted by Gasteiger charge is 2.36. The number of sulfonamides is 1. The highest BCUT2D eigenvalue weighted by Crippen LogP contribution is 2.26. The molecule has 0 N–H and O–H groups in total. The number of aromatic nitrogens is 2. The Morgan fingerprint density at radius 1 is 1.19 bits per heavy atom. The number of amides is 1. The van der Waals surface area contributed by atoms with Gasteiger partial charge >= 0.3 is 0 Å². The van der Waals surface area contributed by atoms with E-state index in [1.165, 1.54) is 8.99 Å². The SMILES string of the molecule is CCn1cc(C(=O)N2CCC[C@H](C)C2)c(S(=O)(=O)N2CCN(c3cccc(Cl)c3)CC2)n1. The van der Waals surface area contributed by atoms with Crippen LogP contribution in [0.4, 0.5) is 5.69 Å². The summed E-state index contributed by atoms with van der Waals surface area (Å²) in [7, 11) is -3.89. The van der Waals surface area contributed by atoms with Crippen molar-refractivity contribution in [2.24, 2.45) is 5.92 Å². The van der Waals surface area contributed by atoms with Gasteiger partial charge in [-0.15, -0.1) is 0 Å². The number of rotatable bonds is 5. The minimum absolute atomic E-state index is 0.126. The molecule has 2 aliphatic heterocycles. The normalized spacial score (nSPS) is 20.5. The van der Waals surface area contributed by atoms with Crippen molar-refractivity contribution in [2.75, 3.05) is 44.2 Å². The van der Waals surface area contributed by atoms with Crippen LogP contribution in [-0.4, -0.2) is 72.6 Å². The van der Waals surface area contributed by atoms with Gasteiger partial charge < -0.3 is 9.80 Å². The number of halogens is 1. The van der Waals surface area contributed by atoms with E-state index in [2.05, 4.69) is 16.9 Å². The van der Waals surface area contributed by atoms with Gasteiger partial charge in [0, 0.05) is 62.7 Å². The Hall–Kier alpha value is -2.10. The number of carbonyl (C=O) groups excluding carboxylic acids is 1. The molecule has 32 heavy (non-hydrogen) atoms. The van der Waals surface area contributed by atoms with Gasteiger partial charge in [-0.1, -0.05) is 24.6 Å². The maximum absolute atomic E-state index is 13.5. The van der Waals surface area contributed by atoms with E-state index < -0.39 is 10.0 Å². The van der Waals surface area contributed by atoms with E-state index in [1.807, 2.05) is 31.2 Å². The van der Waals surface area contributed by atoms with Crippen LogP contribution in [0.1, 0.15) is 37.0 Å². The zero-order chi connectivity index (χ0) is 22.9. The monoisotopic (exact) mass is 479 g/mol. The van der Waals surface area contributed by atoms with Gasteiger partial charge in [-0.2, -0.15) is 9.40 Å². The van der Waals surface area contributed by atoms with Gasteiger partial charge in [0.25, 0.3) is 15.9 Å². The lowest BCUT2D eigenvalue weighted by Crippen LogP contribution is -2.49. The maximum atomic E-state index is 13.5. The van der Waals surface area contributed by atoms with Crippen LogP contribution >= 0.6 is 11.6 Å². The summed E-state index contributed by atoms with van der Waals surface area (Å²) in [6.07, 6.45) is 3.60. The number of likely N-dealkylation sites (tertiary alicyclic amines) is 1. The quantitative estimate of drug-likeness (QED) is 0.658. The Balaban J connectivity index is 1.55. The second kappa shape index (κ2) is 9.41. The van der Waals surface area contributed by atoms with Crippen LogP contribution in [0, 0.1) is 5.92 Å². The maximum Gasteiger partial charge on any atom is 0.263 e. The molecule has 0 radical (unpaired) electrons. The highest BCUT2D eigenvalue weighted by molar-refractivity contribution is 7.89. The summed E-state index contributed by atoms with van der Waals surface area (Å²) >= 11 is 6.10. The summed E-state index contributed by atoms with van der Waals surface area (Å²) in [5.74, 6) is 0.168. The average Bonchev–Trinajstić information content (AvgIpc) is 3.24. The van der Waals surface area contributed by atoms with Crippen LogP contribution in [0.15, 0.2) is 35.5 Å². The van der Waals surface area contributed by atoms with Gasteiger partial charge in [-0.25, -0.2) is 8.42 Å². The van der Waals surface area contributed by atoms with Gasteiger partial charge in [0.05, 0.1) is 5.56 Å². The third kappa shape index (κ3) is 4.65. The third-order valence-electron chi connectivity index (χ3n) is 6.22. The van der Waals surface area contributed by atoms with Crippen molar-refractivity contribution in [1.82, 2.24) is 19.0 Å². The van der Waals surface area contributed by atoms with Crippen molar-refractivity contribution in [1.29, 1.82) is 0 Å². The molecule has 0 saturated carbocycles. The lowest BCUT2D eigenvalue weighted by molar-refractivity contribution is 0.0679. The lowest BCUT2D eigenvalue weighted by atomic mass is 10.00. The molecule has 2 saturated heterocycles. The fourth-order valence-corrected chi connectivity index (χ4v) is 6.13. The van der Waals surface area contributed by atoms with Gasteiger partial charge in [0.2, 0.25) is 5.03 Å². The van der Waals surface area contributed by atoms with Crippen LogP contribution in [0.25, 0.3) is 0 Å². The number of hydrogen-bond donors (Lipinski definition) is 0. The summed E-state index contributed by atoms with van der Waals surface area (Å²) in [6.45, 7) is 7.52. The van der Waals surface area contributed by atoms with Crippen molar-refractivity contribution in [3.63, 3.8) is 0 Å². The molecular formula is C22H30ClN5O3S. The molecule has 0 aliphatic carbocycles. The molecule has 1 atom stereocenters. The lowest BCUT2D eigenvalue weighted by Gasteiger charge is -2.35. The molecule has 4 rings (SSSR count). The molecule has 2 aromatic rings. The van der Waals surface area contributed by atoms with E-state index in [4.69, 9.17) is 11.6 Å². The first-order valence-electron chi connectivity index (χ1n) is 11.2. The van der Waals surface area contributed by atoms with Crippen LogP contribution in [-0.2, 0) is 16.6 Å². The summed E-state index contributed by atoms with van der Waals surface area (Å²) in [5, 5.41) is 4.83. The number of carbonyl (C=O) groups is 1. The number of hydrogen-bond acceptors (Lipinski definition) is 5. The molecule has 0 spiro atoms. The van der Waals surface area contributed by atoms with E-state index >= 15 is 0 Å². The molecule has 10 heteroatoms. The van der Waals surface area contributed by atoms with Crippen LogP contribution < -0.4 is 4.90 Å². The molecule has 2 aliphatic rings. The Bertz CT molecular complexity index is 1080. The van der Waals surface area contributed by atoms with Gasteiger partial charge in [0.15, 0.2) is 0 Å². The van der Waals surface area contributed by atoms with Gasteiger partial charge in [0.1, 0.15) is 0 Å². The molecule has 1 aromatic heterocycles. The predicted molar refractivity (Wildman–Crippen MR) is 125 cm³/mol. The molecule has 0 unspecified atom stereocenters. The molecule has 3 heterocycles. The summed E-state index contributed by atoms with van der Waals surface area (Å²) in [4.78, 5) is 17.1. The molecular weight excluding hydrogens is 450 g/mol. The van der Waals surface area contributed by atoms with Crippen molar-refractivity contribution < 1.29 is 13.2 Å². The Morgan fingerprint density at radius 3 is 2.59 bits per heavy atom. The van der Waals surface area contributed by atoms with Crippen LogP contribution in [0.5, 0.6) is 0 Å². The van der Waals surface area contributed by atoms with Crippen LogP contribution in [0.2, 0.25) is 5.02 Å². The second-order valence-corrected chi connectivity index (χ2v) is 10.9. The molecule has 1 aromatic carbocycles. The smallest absolute Gasteiger partial charge is 0.263 e. The molecule has 1 amide bonds. The Morgan fingerprint density at radius 2 is 1.94 bits per heavy atom. The first-order chi connectivity index (χ1) is 15.3. The zero-order valence-electron chi connectivity index (χ0n) is 18.6. The standard InChI is InChI=1S/C22H30ClN5O3S/c1-3-27-16-20(22(29)26-9-5-6-17(2)15-26)21(24-27)32(30,31)28-12-10-25(11-13-28)19-8-4-7-18(23)14-19/h4,7-8,14,16-17H,3,5-6,9-13,15H2,1-2H3/t17-/m0/s1. The summed E-state index contributed by atoms with van der Waals surface area (Å²) in [5.41, 5.74) is 1.15. The third-order valence-corrected chi connectivity index (χ3v) is 8.29. The molecule has 2 fully saturated rings. The van der Waals surface area contributed by atoms with Crippen molar-refractivity contribution in [3.8, 4) is 0 Å². The van der Waals surface area contributed by atoms with Crippen molar-refractivity contribution in [2.45, 2.75) is 38.3 Å². The summed E-state index contributed by atoms with van der Waals surface area (Å²) in [6, 6.07) is 7.55. The first kappa shape index (κ1) is 23.1. The Kier molecular flexibility index (Phi) is 6.78. The van der Waals surface area contributed by atoms with Crippen molar-refractivity contribution >= 4 is 33.2 Å². The first-order valence-corrected chi connectivity index (χ1v) is 13.0. The Labute approximate surface area is 194 Å². The minimum atomic E-state index is -3.89. The fourth-order valence-electron chi connectivity index (χ4n) is 4.43. The number of benzene rings is 1. The molecule has 8 nitrogen and oxygen atoms in total. The highest BCUT2D eigenvalue weighted by atomic mass is 35.5. The molecule has 174 valence electrons. The predicted octanol–water partition coefficient (Wildman–Crippen LogP) is 2.94. The number of piperidine rings is 1. The second-order valence-electron chi connectivity index (χ2n) is 8.57. The number of anilines is 1. The van der Waals surface area contributed by atoms with E-state index in [0.29, 0.717) is 56.8 Å². The molecule has 0 bridgehead atoms. The number of aryl methyl sites for hydroxylation is 1. The van der Waals surface area contributed by atoms with Crippen LogP contribution in [0.3, 0.4) is 0 Å². The zero-order valence-corrected chi connectivity index (χ0v) is 20.1. The largest absolute Gasteiger partial charge is 0.369 e. The van der Waals surface area contributed by atoms with Crippen molar-refractivity contribution in [3.05, 3.63) is 41.0 Å². The number of nitrogens with zero attached hydrogens (tertiary/aromatic N) is 5. The topological polar surface area (TPSA) is 78.8 Å². The van der Waals surface area contributed by atoms with Gasteiger partial charge in [-0.05, 0) is 43.9 Å². The fraction of sp³-hybridized carbons (Fsp3) is 0.545. The summed E-state index contributed by atoms with van der Waals surface area (Å²) < 4.78 is 30.0. The van der Waals surface area contributed by atoms with Gasteiger partial charge in [-0.3, -0.25) is 9.48 Å². The van der Waals surface area contributed by atoms with E-state index in [-0.39, 0.29) is 16.5 Å². The van der Waals surface area contributed by atoms with E-state index in [0.717, 1.165) is 18.5 Å².